The smallest absolute Gasteiger partial charge is 0.264 e. The molecule has 0 fully saturated rings. The zero-order valence-corrected chi connectivity index (χ0v) is 12.3. The van der Waals surface area contributed by atoms with Gasteiger partial charge in [-0.1, -0.05) is 30.7 Å². The number of nitrogens with one attached hydrogen (secondary N) is 1. The first-order valence-electron chi connectivity index (χ1n) is 5.99. The predicted octanol–water partition coefficient (Wildman–Crippen LogP) is 3.84. The van der Waals surface area contributed by atoms with Crippen LogP contribution in [0.1, 0.15) is 12.5 Å². The first-order chi connectivity index (χ1) is 9.42. The zero-order valence-electron chi connectivity index (χ0n) is 10.7. The maximum atomic E-state index is 13.7. The molecular formula is C14H13ClFNO2S. The predicted molar refractivity (Wildman–Crippen MR) is 78.0 cm³/mol. The Morgan fingerprint density at radius 3 is 2.35 bits per heavy atom. The molecule has 2 aromatic carbocycles. The molecule has 0 heterocycles. The zero-order chi connectivity index (χ0) is 14.8. The van der Waals surface area contributed by atoms with Gasteiger partial charge in [0, 0.05) is 10.7 Å². The molecule has 0 saturated heterocycles. The maximum absolute atomic E-state index is 13.7. The van der Waals surface area contributed by atoms with Crippen molar-refractivity contribution in [3.05, 3.63) is 58.9 Å². The van der Waals surface area contributed by atoms with Gasteiger partial charge in [0.1, 0.15) is 10.7 Å². The average Bonchev–Trinajstić information content (AvgIpc) is 2.38. The van der Waals surface area contributed by atoms with Gasteiger partial charge in [-0.05, 0) is 42.3 Å². The summed E-state index contributed by atoms with van der Waals surface area (Å²) in [6.45, 7) is 2.00. The fourth-order valence-corrected chi connectivity index (χ4v) is 2.99. The molecule has 3 nitrogen and oxygen atoms in total. The molecule has 0 bridgehead atoms. The van der Waals surface area contributed by atoms with Crippen LogP contribution < -0.4 is 4.72 Å². The Morgan fingerprint density at radius 2 is 1.80 bits per heavy atom. The van der Waals surface area contributed by atoms with Crippen LogP contribution in [-0.2, 0) is 16.4 Å². The van der Waals surface area contributed by atoms with Crippen molar-refractivity contribution in [2.45, 2.75) is 18.2 Å². The monoisotopic (exact) mass is 313 g/mol. The van der Waals surface area contributed by atoms with Crippen LogP contribution in [0.2, 0.25) is 5.02 Å². The number of aryl methyl sites for hydroxylation is 1. The van der Waals surface area contributed by atoms with E-state index in [0.29, 0.717) is 5.69 Å². The fraction of sp³-hybridized carbons (Fsp3) is 0.143. The quantitative estimate of drug-likeness (QED) is 0.932. The van der Waals surface area contributed by atoms with E-state index >= 15 is 0 Å². The van der Waals surface area contributed by atoms with Crippen molar-refractivity contribution in [2.24, 2.45) is 0 Å². The Morgan fingerprint density at radius 1 is 1.15 bits per heavy atom. The molecule has 0 spiro atoms. The molecule has 0 atom stereocenters. The summed E-state index contributed by atoms with van der Waals surface area (Å²) in [5.74, 6) is -0.879. The van der Waals surface area contributed by atoms with E-state index in [1.807, 2.05) is 19.1 Å². The summed E-state index contributed by atoms with van der Waals surface area (Å²) in [6.07, 6.45) is 0.860. The average molecular weight is 314 g/mol. The maximum Gasteiger partial charge on any atom is 0.264 e. The molecule has 0 unspecified atom stereocenters. The van der Waals surface area contributed by atoms with E-state index < -0.39 is 20.7 Å². The van der Waals surface area contributed by atoms with Gasteiger partial charge in [0.25, 0.3) is 10.0 Å². The lowest BCUT2D eigenvalue weighted by molar-refractivity contribution is 0.570. The van der Waals surface area contributed by atoms with Crippen LogP contribution in [0.3, 0.4) is 0 Å². The molecule has 0 aliphatic rings. The van der Waals surface area contributed by atoms with Crippen LogP contribution in [0, 0.1) is 5.82 Å². The van der Waals surface area contributed by atoms with Gasteiger partial charge in [0.05, 0.1) is 0 Å². The minimum atomic E-state index is -3.96. The highest BCUT2D eigenvalue weighted by Gasteiger charge is 2.19. The van der Waals surface area contributed by atoms with Gasteiger partial charge in [-0.2, -0.15) is 0 Å². The largest absolute Gasteiger partial charge is 0.280 e. The van der Waals surface area contributed by atoms with Gasteiger partial charge in [0.15, 0.2) is 0 Å². The first-order valence-corrected chi connectivity index (χ1v) is 7.85. The number of hydrogen-bond donors (Lipinski definition) is 1. The van der Waals surface area contributed by atoms with Crippen molar-refractivity contribution >= 4 is 27.3 Å². The summed E-state index contributed by atoms with van der Waals surface area (Å²) in [5, 5.41) is 0.147. The molecule has 106 valence electrons. The van der Waals surface area contributed by atoms with E-state index in [1.54, 1.807) is 12.1 Å². The Balaban J connectivity index is 2.30. The molecule has 0 aliphatic carbocycles. The number of sulfonamides is 1. The summed E-state index contributed by atoms with van der Waals surface area (Å²) in [5.41, 5.74) is 1.47. The summed E-state index contributed by atoms with van der Waals surface area (Å²) < 4.78 is 40.2. The number of hydrogen-bond acceptors (Lipinski definition) is 2. The Bertz CT molecular complexity index is 714. The van der Waals surface area contributed by atoms with Crippen molar-refractivity contribution in [1.29, 1.82) is 0 Å². The highest BCUT2D eigenvalue weighted by molar-refractivity contribution is 7.92. The van der Waals surface area contributed by atoms with Crippen LogP contribution in [0.5, 0.6) is 0 Å². The van der Waals surface area contributed by atoms with E-state index in [0.717, 1.165) is 24.1 Å². The number of anilines is 1. The Hall–Kier alpha value is -1.59. The van der Waals surface area contributed by atoms with E-state index in [-0.39, 0.29) is 5.02 Å². The Labute approximate surface area is 122 Å². The highest BCUT2D eigenvalue weighted by Crippen LogP contribution is 2.22. The van der Waals surface area contributed by atoms with Crippen molar-refractivity contribution in [3.8, 4) is 0 Å². The third-order valence-corrected chi connectivity index (χ3v) is 4.45. The molecule has 0 radical (unpaired) electrons. The second-order valence-corrected chi connectivity index (χ2v) is 6.32. The third-order valence-electron chi connectivity index (χ3n) is 2.80. The van der Waals surface area contributed by atoms with E-state index in [4.69, 9.17) is 11.6 Å². The summed E-state index contributed by atoms with van der Waals surface area (Å²) in [4.78, 5) is -0.429. The minimum Gasteiger partial charge on any atom is -0.280 e. The highest BCUT2D eigenvalue weighted by atomic mass is 35.5. The van der Waals surface area contributed by atoms with Crippen molar-refractivity contribution in [3.63, 3.8) is 0 Å². The normalized spacial score (nSPS) is 11.3. The van der Waals surface area contributed by atoms with Crippen molar-refractivity contribution < 1.29 is 12.8 Å². The SMILES string of the molecule is CCc1ccc(NS(=O)(=O)c2ccc(Cl)cc2F)cc1. The molecule has 0 aromatic heterocycles. The second kappa shape index (κ2) is 5.81. The third kappa shape index (κ3) is 3.29. The molecule has 20 heavy (non-hydrogen) atoms. The molecule has 2 rings (SSSR count). The fourth-order valence-electron chi connectivity index (χ4n) is 1.71. The van der Waals surface area contributed by atoms with Crippen molar-refractivity contribution in [1.82, 2.24) is 0 Å². The van der Waals surface area contributed by atoms with Crippen molar-refractivity contribution in [2.75, 3.05) is 4.72 Å². The second-order valence-electron chi connectivity index (χ2n) is 4.23. The van der Waals surface area contributed by atoms with Gasteiger partial charge >= 0.3 is 0 Å². The summed E-state index contributed by atoms with van der Waals surface area (Å²) in [6, 6.07) is 10.4. The van der Waals surface area contributed by atoms with Gasteiger partial charge in [-0.25, -0.2) is 12.8 Å². The van der Waals surface area contributed by atoms with Crippen LogP contribution in [0.15, 0.2) is 47.4 Å². The van der Waals surface area contributed by atoms with Crippen LogP contribution in [-0.4, -0.2) is 8.42 Å². The lowest BCUT2D eigenvalue weighted by atomic mass is 10.2. The molecule has 6 heteroatoms. The molecule has 0 amide bonds. The van der Waals surface area contributed by atoms with Gasteiger partial charge in [-0.15, -0.1) is 0 Å². The molecule has 2 aromatic rings. The summed E-state index contributed by atoms with van der Waals surface area (Å²) >= 11 is 5.61. The lowest BCUT2D eigenvalue weighted by Crippen LogP contribution is -2.14. The molecule has 0 aliphatic heterocycles. The first kappa shape index (κ1) is 14.8. The van der Waals surface area contributed by atoms with E-state index in [1.165, 1.54) is 6.07 Å². The molecule has 1 N–H and O–H groups in total. The van der Waals surface area contributed by atoms with Gasteiger partial charge < -0.3 is 0 Å². The topological polar surface area (TPSA) is 46.2 Å². The van der Waals surface area contributed by atoms with Crippen LogP contribution in [0.4, 0.5) is 10.1 Å². The Kier molecular flexibility index (Phi) is 4.30. The van der Waals surface area contributed by atoms with Crippen LogP contribution >= 0.6 is 11.6 Å². The number of rotatable bonds is 4. The van der Waals surface area contributed by atoms with Crippen LogP contribution in [0.25, 0.3) is 0 Å². The molecular weight excluding hydrogens is 301 g/mol. The number of benzene rings is 2. The number of halogens is 2. The summed E-state index contributed by atoms with van der Waals surface area (Å²) in [7, 11) is -3.96. The molecule has 0 saturated carbocycles. The van der Waals surface area contributed by atoms with Gasteiger partial charge in [-0.3, -0.25) is 4.72 Å². The van der Waals surface area contributed by atoms with Gasteiger partial charge in [0.2, 0.25) is 0 Å². The minimum absolute atomic E-state index is 0.147. The lowest BCUT2D eigenvalue weighted by Gasteiger charge is -2.09. The van der Waals surface area contributed by atoms with E-state index in [9.17, 15) is 12.8 Å². The standard InChI is InChI=1S/C14H13ClFNO2S/c1-2-10-3-6-12(7-4-10)17-20(18,19)14-8-5-11(15)9-13(14)16/h3-9,17H,2H2,1H3. The van der Waals surface area contributed by atoms with E-state index in [2.05, 4.69) is 4.72 Å².